The number of benzene rings is 1. The van der Waals surface area contributed by atoms with Crippen LogP contribution in [0.15, 0.2) is 29.4 Å². The minimum absolute atomic E-state index is 0.128. The lowest BCUT2D eigenvalue weighted by atomic mass is 10.0. The molecule has 0 unspecified atom stereocenters. The maximum Gasteiger partial charge on any atom is 0.240 e. The highest BCUT2D eigenvalue weighted by atomic mass is 32.2. The molecule has 1 aliphatic heterocycles. The predicted molar refractivity (Wildman–Crippen MR) is 87.6 cm³/mol. The van der Waals surface area contributed by atoms with Crippen LogP contribution in [0.2, 0.25) is 0 Å². The van der Waals surface area contributed by atoms with E-state index in [1.165, 1.54) is 0 Å². The minimum Gasteiger partial charge on any atom is -0.395 e. The number of piperidine rings is 1. The van der Waals surface area contributed by atoms with Crippen LogP contribution in [0.1, 0.15) is 19.3 Å². The van der Waals surface area contributed by atoms with Gasteiger partial charge in [0.1, 0.15) is 0 Å². The highest BCUT2D eigenvalue weighted by Crippen LogP contribution is 2.17. The molecule has 3 rings (SSSR count). The van der Waals surface area contributed by atoms with Crippen LogP contribution in [0.5, 0.6) is 0 Å². The number of aliphatic hydroxyl groups excluding tert-OH is 1. The molecule has 7 nitrogen and oxygen atoms in total. The molecule has 1 atom stereocenters. The van der Waals surface area contributed by atoms with Crippen LogP contribution < -0.4 is 4.72 Å². The van der Waals surface area contributed by atoms with Crippen LogP contribution in [0.4, 0.5) is 0 Å². The number of rotatable bonds is 6. The molecule has 0 spiro atoms. The molecule has 0 amide bonds. The first-order chi connectivity index (χ1) is 11.1. The number of hydrogen-bond acceptors (Lipinski definition) is 5. The normalized spacial score (nSPS) is 20.1. The van der Waals surface area contributed by atoms with E-state index >= 15 is 0 Å². The van der Waals surface area contributed by atoms with Crippen molar-refractivity contribution in [1.29, 1.82) is 0 Å². The number of aromatic nitrogens is 2. The summed E-state index contributed by atoms with van der Waals surface area (Å²) in [6.45, 7) is 1.98. The van der Waals surface area contributed by atoms with E-state index in [2.05, 4.69) is 19.6 Å². The molecular weight excluding hydrogens is 316 g/mol. The summed E-state index contributed by atoms with van der Waals surface area (Å²) in [6.07, 6.45) is 4.73. The molecule has 8 heteroatoms. The molecular formula is C15H22N4O3S. The molecule has 0 saturated carbocycles. The number of nitrogens with one attached hydrogen (secondary N) is 2. The summed E-state index contributed by atoms with van der Waals surface area (Å²) in [7, 11) is -3.54. The topological polar surface area (TPSA) is 98.3 Å². The monoisotopic (exact) mass is 338 g/mol. The van der Waals surface area contributed by atoms with Crippen molar-refractivity contribution in [3.8, 4) is 0 Å². The van der Waals surface area contributed by atoms with Gasteiger partial charge < -0.3 is 10.1 Å². The fourth-order valence-electron chi connectivity index (χ4n) is 3.05. The largest absolute Gasteiger partial charge is 0.395 e. The molecule has 1 aromatic carbocycles. The van der Waals surface area contributed by atoms with Crippen molar-refractivity contribution in [2.45, 2.75) is 30.2 Å². The molecule has 2 heterocycles. The Balaban J connectivity index is 1.62. The third-order valence-corrected chi connectivity index (χ3v) is 5.81. The molecule has 0 bridgehead atoms. The second-order valence-corrected chi connectivity index (χ2v) is 7.61. The Labute approximate surface area is 135 Å². The summed E-state index contributed by atoms with van der Waals surface area (Å²) in [5.74, 6) is 0. The van der Waals surface area contributed by atoms with Crippen molar-refractivity contribution in [3.63, 3.8) is 0 Å². The van der Waals surface area contributed by atoms with Crippen LogP contribution >= 0.6 is 0 Å². The summed E-state index contributed by atoms with van der Waals surface area (Å²) in [4.78, 5) is 9.38. The maximum absolute atomic E-state index is 12.4. The Morgan fingerprint density at radius 1 is 1.39 bits per heavy atom. The predicted octanol–water partition coefficient (Wildman–Crippen LogP) is 0.688. The van der Waals surface area contributed by atoms with Gasteiger partial charge in [-0.2, -0.15) is 0 Å². The van der Waals surface area contributed by atoms with Gasteiger partial charge in [-0.25, -0.2) is 18.1 Å². The summed E-state index contributed by atoms with van der Waals surface area (Å²) >= 11 is 0. The number of nitrogens with zero attached hydrogens (tertiary/aromatic N) is 2. The van der Waals surface area contributed by atoms with E-state index in [-0.39, 0.29) is 17.5 Å². The van der Waals surface area contributed by atoms with Gasteiger partial charge in [0, 0.05) is 19.1 Å². The standard InChI is InChI=1S/C15H22N4O3S/c20-10-12-3-1-2-7-19(12)8-6-18-23(21,22)13-4-5-14-15(9-13)17-11-16-14/h4-5,9,11-12,18,20H,1-3,6-8,10H2,(H,16,17)/t12-/m1/s1. The zero-order valence-corrected chi connectivity index (χ0v) is 13.7. The minimum atomic E-state index is -3.54. The van der Waals surface area contributed by atoms with Gasteiger partial charge in [0.25, 0.3) is 0 Å². The molecule has 1 aliphatic rings. The first kappa shape index (κ1) is 16.4. The third-order valence-electron chi connectivity index (χ3n) is 4.35. The number of sulfonamides is 1. The lowest BCUT2D eigenvalue weighted by Crippen LogP contribution is -2.45. The highest BCUT2D eigenvalue weighted by Gasteiger charge is 2.22. The third kappa shape index (κ3) is 3.72. The van der Waals surface area contributed by atoms with E-state index < -0.39 is 10.0 Å². The summed E-state index contributed by atoms with van der Waals surface area (Å²) in [5, 5.41) is 9.39. The van der Waals surface area contributed by atoms with E-state index in [1.807, 2.05) is 0 Å². The van der Waals surface area contributed by atoms with E-state index in [1.54, 1.807) is 24.5 Å². The Morgan fingerprint density at radius 2 is 2.26 bits per heavy atom. The van der Waals surface area contributed by atoms with Gasteiger partial charge in [-0.15, -0.1) is 0 Å². The molecule has 3 N–H and O–H groups in total. The van der Waals surface area contributed by atoms with Gasteiger partial charge in [-0.05, 0) is 37.6 Å². The van der Waals surface area contributed by atoms with Gasteiger partial charge >= 0.3 is 0 Å². The van der Waals surface area contributed by atoms with Gasteiger partial charge in [0.15, 0.2) is 0 Å². The second-order valence-electron chi connectivity index (χ2n) is 5.85. The van der Waals surface area contributed by atoms with E-state index in [0.29, 0.717) is 18.6 Å². The van der Waals surface area contributed by atoms with Crippen molar-refractivity contribution in [3.05, 3.63) is 24.5 Å². The summed E-state index contributed by atoms with van der Waals surface area (Å²) in [5.41, 5.74) is 1.44. The quantitative estimate of drug-likeness (QED) is 0.720. The van der Waals surface area contributed by atoms with Crippen molar-refractivity contribution in [2.24, 2.45) is 0 Å². The zero-order valence-electron chi connectivity index (χ0n) is 12.9. The van der Waals surface area contributed by atoms with E-state index in [4.69, 9.17) is 0 Å². The van der Waals surface area contributed by atoms with Crippen molar-refractivity contribution in [1.82, 2.24) is 19.6 Å². The Morgan fingerprint density at radius 3 is 3.09 bits per heavy atom. The van der Waals surface area contributed by atoms with Gasteiger partial charge in [0.05, 0.1) is 28.9 Å². The first-order valence-corrected chi connectivity index (χ1v) is 9.36. The van der Waals surface area contributed by atoms with Crippen LogP contribution in [-0.4, -0.2) is 60.7 Å². The van der Waals surface area contributed by atoms with Gasteiger partial charge in [0.2, 0.25) is 10.0 Å². The van der Waals surface area contributed by atoms with Crippen molar-refractivity contribution < 1.29 is 13.5 Å². The van der Waals surface area contributed by atoms with Gasteiger partial charge in [-0.1, -0.05) is 6.42 Å². The highest BCUT2D eigenvalue weighted by molar-refractivity contribution is 7.89. The number of likely N-dealkylation sites (tertiary alicyclic amines) is 1. The molecule has 1 saturated heterocycles. The number of imidazole rings is 1. The Bertz CT molecular complexity index is 759. The van der Waals surface area contributed by atoms with Crippen molar-refractivity contribution >= 4 is 21.1 Å². The van der Waals surface area contributed by atoms with Crippen LogP contribution in [0.3, 0.4) is 0 Å². The number of fused-ring (bicyclic) bond motifs is 1. The van der Waals surface area contributed by atoms with Gasteiger partial charge in [-0.3, -0.25) is 4.90 Å². The fourth-order valence-corrected chi connectivity index (χ4v) is 4.10. The summed E-state index contributed by atoms with van der Waals surface area (Å²) < 4.78 is 27.4. The number of H-pyrrole nitrogens is 1. The first-order valence-electron chi connectivity index (χ1n) is 7.88. The van der Waals surface area contributed by atoms with Crippen LogP contribution in [0.25, 0.3) is 11.0 Å². The zero-order chi connectivity index (χ0) is 16.3. The average molecular weight is 338 g/mol. The molecule has 0 radical (unpaired) electrons. The van der Waals surface area contributed by atoms with E-state index in [9.17, 15) is 13.5 Å². The molecule has 0 aliphatic carbocycles. The fraction of sp³-hybridized carbons (Fsp3) is 0.533. The van der Waals surface area contributed by atoms with Crippen LogP contribution in [-0.2, 0) is 10.0 Å². The molecule has 2 aromatic rings. The number of aliphatic hydroxyl groups is 1. The molecule has 1 aromatic heterocycles. The van der Waals surface area contributed by atoms with Crippen LogP contribution in [0, 0.1) is 0 Å². The Kier molecular flexibility index (Phi) is 4.96. The Hall–Kier alpha value is -1.48. The summed E-state index contributed by atoms with van der Waals surface area (Å²) in [6, 6.07) is 4.98. The molecule has 1 fully saturated rings. The second kappa shape index (κ2) is 6.96. The average Bonchev–Trinajstić information content (AvgIpc) is 3.02. The lowest BCUT2D eigenvalue weighted by molar-refractivity contribution is 0.0923. The van der Waals surface area contributed by atoms with E-state index in [0.717, 1.165) is 31.3 Å². The maximum atomic E-state index is 12.4. The number of hydrogen-bond donors (Lipinski definition) is 3. The molecule has 126 valence electrons. The smallest absolute Gasteiger partial charge is 0.240 e. The SMILES string of the molecule is O=S(=O)(NCCN1CCCC[C@@H]1CO)c1ccc2nc[nH]c2c1. The lowest BCUT2D eigenvalue weighted by Gasteiger charge is -2.34. The van der Waals surface area contributed by atoms with Crippen molar-refractivity contribution in [2.75, 3.05) is 26.2 Å². The number of aromatic amines is 1. The molecule has 23 heavy (non-hydrogen) atoms.